The van der Waals surface area contributed by atoms with Gasteiger partial charge in [-0.3, -0.25) is 4.79 Å². The number of aromatic nitrogens is 3. The van der Waals surface area contributed by atoms with Gasteiger partial charge in [0.15, 0.2) is 0 Å². The van der Waals surface area contributed by atoms with E-state index in [0.717, 1.165) is 5.56 Å². The molecule has 24 heavy (non-hydrogen) atoms. The minimum Gasteiger partial charge on any atom is -0.366 e. The molecular weight excluding hydrogens is 328 g/mol. The van der Waals surface area contributed by atoms with Crippen LogP contribution in [0, 0.1) is 6.42 Å². The van der Waals surface area contributed by atoms with Gasteiger partial charge in [-0.05, 0) is 36.6 Å². The first kappa shape index (κ1) is 16.1. The lowest BCUT2D eigenvalue weighted by Gasteiger charge is -2.04. The molecule has 0 aliphatic carbocycles. The zero-order chi connectivity index (χ0) is 16.9. The fourth-order valence-corrected chi connectivity index (χ4v) is 2.51. The molecule has 2 N–H and O–H groups in total. The monoisotopic (exact) mass is 341 g/mol. The molecule has 2 heterocycles. The maximum atomic E-state index is 11.4. The van der Waals surface area contributed by atoms with Crippen LogP contribution < -0.4 is 5.73 Å². The normalized spacial score (nSPS) is 10.7. The zero-order valence-corrected chi connectivity index (χ0v) is 13.4. The summed E-state index contributed by atoms with van der Waals surface area (Å²) in [5, 5.41) is 4.22. The van der Waals surface area contributed by atoms with Gasteiger partial charge in [0.2, 0.25) is 17.6 Å². The fraction of sp³-hybridized carbons (Fsp3) is 0.118. The Morgan fingerprint density at radius 2 is 2.08 bits per heavy atom. The molecule has 0 spiro atoms. The van der Waals surface area contributed by atoms with Crippen LogP contribution >= 0.6 is 11.6 Å². The van der Waals surface area contributed by atoms with Gasteiger partial charge < -0.3 is 10.3 Å². The van der Waals surface area contributed by atoms with E-state index in [1.165, 1.54) is 0 Å². The summed E-state index contributed by atoms with van der Waals surface area (Å²) in [5.74, 6) is 0.343. The summed E-state index contributed by atoms with van der Waals surface area (Å²) >= 11 is 6.01. The SMILES string of the molecule is NC(=O)c1ccccc1CC[CH]c1nc(-c2cccnc2Cl)no1. The number of aryl methyl sites for hydroxylation is 1. The third kappa shape index (κ3) is 3.60. The highest BCUT2D eigenvalue weighted by atomic mass is 35.5. The number of nitrogens with two attached hydrogens (primary N) is 1. The van der Waals surface area contributed by atoms with Gasteiger partial charge in [-0.15, -0.1) is 0 Å². The topological polar surface area (TPSA) is 94.9 Å². The van der Waals surface area contributed by atoms with E-state index in [1.54, 1.807) is 36.9 Å². The molecule has 3 aromatic rings. The molecule has 6 nitrogen and oxygen atoms in total. The molecule has 0 atom stereocenters. The van der Waals surface area contributed by atoms with Crippen LogP contribution in [0.25, 0.3) is 11.4 Å². The summed E-state index contributed by atoms with van der Waals surface area (Å²) in [6.45, 7) is 0. The lowest BCUT2D eigenvalue weighted by atomic mass is 10.0. The van der Waals surface area contributed by atoms with Crippen LogP contribution in [0.15, 0.2) is 47.1 Å². The van der Waals surface area contributed by atoms with Crippen LogP contribution in [0.1, 0.15) is 28.2 Å². The molecule has 1 amide bonds. The summed E-state index contributed by atoms with van der Waals surface area (Å²) in [7, 11) is 0. The second-order valence-electron chi connectivity index (χ2n) is 5.06. The van der Waals surface area contributed by atoms with Crippen molar-refractivity contribution in [1.29, 1.82) is 0 Å². The Morgan fingerprint density at radius 1 is 1.25 bits per heavy atom. The van der Waals surface area contributed by atoms with Crippen LogP contribution in [0.5, 0.6) is 0 Å². The highest BCUT2D eigenvalue weighted by Gasteiger charge is 2.13. The van der Waals surface area contributed by atoms with Crippen molar-refractivity contribution in [3.8, 4) is 11.4 Å². The molecule has 0 bridgehead atoms. The average Bonchev–Trinajstić information content (AvgIpc) is 3.04. The van der Waals surface area contributed by atoms with E-state index in [-0.39, 0.29) is 0 Å². The molecule has 0 saturated heterocycles. The Kier molecular flexibility index (Phi) is 4.86. The predicted molar refractivity (Wildman–Crippen MR) is 89.2 cm³/mol. The van der Waals surface area contributed by atoms with Gasteiger partial charge in [0.05, 0.1) is 12.0 Å². The van der Waals surface area contributed by atoms with E-state index in [1.807, 2.05) is 12.1 Å². The van der Waals surface area contributed by atoms with Crippen molar-refractivity contribution in [2.24, 2.45) is 5.73 Å². The van der Waals surface area contributed by atoms with E-state index < -0.39 is 5.91 Å². The molecule has 0 aliphatic heterocycles. The standard InChI is InChI=1S/C17H14ClN4O2/c18-15-13(8-4-10-20-15)17-21-14(24-22-17)9-3-6-11-5-1-2-7-12(11)16(19)23/h1-2,4-5,7-10H,3,6H2,(H2,19,23). The van der Waals surface area contributed by atoms with Gasteiger partial charge in [0.1, 0.15) is 5.15 Å². The number of amides is 1. The highest BCUT2D eigenvalue weighted by molar-refractivity contribution is 6.31. The van der Waals surface area contributed by atoms with Crippen LogP contribution in [-0.2, 0) is 6.42 Å². The maximum absolute atomic E-state index is 11.4. The number of nitrogens with zero attached hydrogens (tertiary/aromatic N) is 3. The lowest BCUT2D eigenvalue weighted by molar-refractivity contribution is 0.0999. The number of carbonyl (C=O) groups is 1. The van der Waals surface area contributed by atoms with E-state index in [9.17, 15) is 4.79 Å². The van der Waals surface area contributed by atoms with Crippen molar-refractivity contribution in [2.45, 2.75) is 12.8 Å². The number of halogens is 1. The Bertz CT molecular complexity index is 863. The molecule has 3 rings (SSSR count). The van der Waals surface area contributed by atoms with E-state index >= 15 is 0 Å². The van der Waals surface area contributed by atoms with Crippen molar-refractivity contribution in [2.75, 3.05) is 0 Å². The van der Waals surface area contributed by atoms with Crippen LogP contribution in [-0.4, -0.2) is 21.0 Å². The second kappa shape index (κ2) is 7.23. The van der Waals surface area contributed by atoms with Crippen LogP contribution in [0.2, 0.25) is 5.15 Å². The summed E-state index contributed by atoms with van der Waals surface area (Å²) in [6, 6.07) is 10.8. The number of rotatable bonds is 6. The average molecular weight is 342 g/mol. The molecule has 1 radical (unpaired) electrons. The molecule has 2 aromatic heterocycles. The van der Waals surface area contributed by atoms with Crippen LogP contribution in [0.4, 0.5) is 0 Å². The summed E-state index contributed by atoms with van der Waals surface area (Å²) in [5.41, 5.74) is 7.40. The molecule has 121 valence electrons. The van der Waals surface area contributed by atoms with Crippen molar-refractivity contribution < 1.29 is 9.32 Å². The smallest absolute Gasteiger partial charge is 0.248 e. The maximum Gasteiger partial charge on any atom is 0.248 e. The predicted octanol–water partition coefficient (Wildman–Crippen LogP) is 3.07. The van der Waals surface area contributed by atoms with Gasteiger partial charge in [-0.2, -0.15) is 4.98 Å². The molecule has 7 heteroatoms. The molecule has 0 saturated carbocycles. The lowest BCUT2D eigenvalue weighted by Crippen LogP contribution is -2.13. The largest absolute Gasteiger partial charge is 0.366 e. The summed E-state index contributed by atoms with van der Waals surface area (Å²) in [6.07, 6.45) is 4.67. The first-order valence-corrected chi connectivity index (χ1v) is 7.68. The Morgan fingerprint density at radius 3 is 2.88 bits per heavy atom. The van der Waals surface area contributed by atoms with E-state index in [4.69, 9.17) is 21.9 Å². The van der Waals surface area contributed by atoms with Crippen molar-refractivity contribution >= 4 is 17.5 Å². The number of hydrogen-bond donors (Lipinski definition) is 1. The zero-order valence-electron chi connectivity index (χ0n) is 12.6. The Labute approximate surface area is 143 Å². The molecule has 0 fully saturated rings. The minimum absolute atomic E-state index is 0.320. The summed E-state index contributed by atoms with van der Waals surface area (Å²) in [4.78, 5) is 19.7. The Hall–Kier alpha value is -2.73. The van der Waals surface area contributed by atoms with Gasteiger partial charge in [0.25, 0.3) is 0 Å². The first-order chi connectivity index (χ1) is 11.6. The first-order valence-electron chi connectivity index (χ1n) is 7.30. The van der Waals surface area contributed by atoms with Gasteiger partial charge in [0, 0.05) is 11.8 Å². The van der Waals surface area contributed by atoms with Crippen molar-refractivity contribution in [3.05, 3.63) is 71.2 Å². The van der Waals surface area contributed by atoms with Crippen LogP contribution in [0.3, 0.4) is 0 Å². The third-order valence-electron chi connectivity index (χ3n) is 3.46. The molecule has 1 aromatic carbocycles. The Balaban J connectivity index is 1.65. The van der Waals surface area contributed by atoms with Gasteiger partial charge in [-0.25, -0.2) is 4.98 Å². The number of pyridine rings is 1. The molecular formula is C17H14ClN4O2. The van der Waals surface area contributed by atoms with E-state index in [0.29, 0.717) is 40.8 Å². The van der Waals surface area contributed by atoms with E-state index in [2.05, 4.69) is 15.1 Å². The molecule has 0 unspecified atom stereocenters. The quantitative estimate of drug-likeness (QED) is 0.695. The molecule has 0 aliphatic rings. The van der Waals surface area contributed by atoms with Crippen molar-refractivity contribution in [1.82, 2.24) is 15.1 Å². The number of hydrogen-bond acceptors (Lipinski definition) is 5. The fourth-order valence-electron chi connectivity index (χ4n) is 2.31. The van der Waals surface area contributed by atoms with Crippen molar-refractivity contribution in [3.63, 3.8) is 0 Å². The highest BCUT2D eigenvalue weighted by Crippen LogP contribution is 2.23. The summed E-state index contributed by atoms with van der Waals surface area (Å²) < 4.78 is 5.19. The minimum atomic E-state index is -0.433. The number of primary amides is 1. The van der Waals surface area contributed by atoms with Gasteiger partial charge in [-0.1, -0.05) is 35.0 Å². The second-order valence-corrected chi connectivity index (χ2v) is 5.42. The third-order valence-corrected chi connectivity index (χ3v) is 3.76. The van der Waals surface area contributed by atoms with Gasteiger partial charge >= 0.3 is 0 Å². The number of carbonyl (C=O) groups excluding carboxylic acids is 1. The number of benzene rings is 1.